The summed E-state index contributed by atoms with van der Waals surface area (Å²) in [6, 6.07) is 10.4. The first-order valence-electron chi connectivity index (χ1n) is 5.43. The third kappa shape index (κ3) is 3.69. The highest BCUT2D eigenvalue weighted by molar-refractivity contribution is 6.34. The van der Waals surface area contributed by atoms with Crippen LogP contribution < -0.4 is 4.74 Å². The lowest BCUT2D eigenvalue weighted by molar-refractivity contribution is 0.0917. The van der Waals surface area contributed by atoms with E-state index in [1.54, 1.807) is 12.1 Å². The van der Waals surface area contributed by atoms with Gasteiger partial charge in [-0.15, -0.1) is 0 Å². The smallest absolute Gasteiger partial charge is 0.203 e. The third-order valence-corrected chi connectivity index (χ3v) is 2.82. The minimum atomic E-state index is -0.569. The number of halogens is 3. The molecular weight excluding hydrogens is 290 g/mol. The molecule has 0 aliphatic heterocycles. The molecule has 5 heteroatoms. The van der Waals surface area contributed by atoms with Crippen LogP contribution in [0.3, 0.4) is 0 Å². The number of hydrogen-bond donors (Lipinski definition) is 0. The van der Waals surface area contributed by atoms with Crippen molar-refractivity contribution in [2.75, 3.05) is 6.61 Å². The van der Waals surface area contributed by atoms with Crippen LogP contribution in [0.2, 0.25) is 10.0 Å². The highest BCUT2D eigenvalue weighted by Gasteiger charge is 2.11. The van der Waals surface area contributed by atoms with Crippen LogP contribution in [-0.4, -0.2) is 12.4 Å². The van der Waals surface area contributed by atoms with Crippen LogP contribution in [0.4, 0.5) is 4.39 Å². The molecule has 0 bridgehead atoms. The summed E-state index contributed by atoms with van der Waals surface area (Å²) in [4.78, 5) is 11.8. The first-order valence-corrected chi connectivity index (χ1v) is 6.18. The van der Waals surface area contributed by atoms with Crippen molar-refractivity contribution in [3.63, 3.8) is 0 Å². The van der Waals surface area contributed by atoms with E-state index in [1.807, 2.05) is 0 Å². The molecule has 0 aliphatic carbocycles. The lowest BCUT2D eigenvalue weighted by Crippen LogP contribution is -2.13. The Bertz CT molecular complexity index is 594. The highest BCUT2D eigenvalue weighted by Crippen LogP contribution is 2.24. The molecule has 0 radical (unpaired) electrons. The minimum absolute atomic E-state index is 0.00405. The van der Waals surface area contributed by atoms with Gasteiger partial charge in [0.25, 0.3) is 0 Å². The monoisotopic (exact) mass is 298 g/mol. The predicted octanol–water partition coefficient (Wildman–Crippen LogP) is 4.39. The quantitative estimate of drug-likeness (QED) is 0.782. The average molecular weight is 299 g/mol. The zero-order chi connectivity index (χ0) is 13.8. The highest BCUT2D eigenvalue weighted by atomic mass is 35.5. The van der Waals surface area contributed by atoms with Crippen molar-refractivity contribution in [3.05, 3.63) is 63.9 Å². The van der Waals surface area contributed by atoms with Gasteiger partial charge in [-0.3, -0.25) is 4.79 Å². The molecule has 19 heavy (non-hydrogen) atoms. The molecule has 2 rings (SSSR count). The van der Waals surface area contributed by atoms with E-state index in [0.29, 0.717) is 15.8 Å². The SMILES string of the molecule is O=C(COc1cc(Cl)cc(Cl)c1)c1ccccc1F. The van der Waals surface area contributed by atoms with E-state index in [0.717, 1.165) is 0 Å². The van der Waals surface area contributed by atoms with E-state index >= 15 is 0 Å². The van der Waals surface area contributed by atoms with Gasteiger partial charge in [-0.25, -0.2) is 4.39 Å². The molecule has 0 aromatic heterocycles. The Morgan fingerprint density at radius 3 is 2.37 bits per heavy atom. The number of carbonyl (C=O) groups excluding carboxylic acids is 1. The minimum Gasteiger partial charge on any atom is -0.485 e. The van der Waals surface area contributed by atoms with Gasteiger partial charge in [-0.2, -0.15) is 0 Å². The summed E-state index contributed by atoms with van der Waals surface area (Å²) in [5.74, 6) is -0.656. The van der Waals surface area contributed by atoms with Crippen molar-refractivity contribution in [2.45, 2.75) is 0 Å². The predicted molar refractivity (Wildman–Crippen MR) is 72.7 cm³/mol. The van der Waals surface area contributed by atoms with Gasteiger partial charge in [0.1, 0.15) is 11.6 Å². The second kappa shape index (κ2) is 6.04. The van der Waals surface area contributed by atoms with Gasteiger partial charge in [0, 0.05) is 10.0 Å². The maximum atomic E-state index is 13.4. The van der Waals surface area contributed by atoms with Crippen LogP contribution in [0.25, 0.3) is 0 Å². The van der Waals surface area contributed by atoms with Gasteiger partial charge in [0.05, 0.1) is 5.56 Å². The Kier molecular flexibility index (Phi) is 4.40. The van der Waals surface area contributed by atoms with Crippen molar-refractivity contribution in [1.82, 2.24) is 0 Å². The summed E-state index contributed by atoms with van der Waals surface area (Å²) in [5, 5.41) is 0.807. The van der Waals surface area contributed by atoms with Gasteiger partial charge in [0.15, 0.2) is 6.61 Å². The van der Waals surface area contributed by atoms with Crippen LogP contribution in [0.15, 0.2) is 42.5 Å². The van der Waals surface area contributed by atoms with Crippen molar-refractivity contribution in [1.29, 1.82) is 0 Å². The van der Waals surface area contributed by atoms with Gasteiger partial charge < -0.3 is 4.74 Å². The van der Waals surface area contributed by atoms with Crippen LogP contribution in [-0.2, 0) is 0 Å². The molecule has 0 atom stereocenters. The average Bonchev–Trinajstić information content (AvgIpc) is 2.35. The van der Waals surface area contributed by atoms with Crippen molar-refractivity contribution in [3.8, 4) is 5.75 Å². The Balaban J connectivity index is 2.07. The van der Waals surface area contributed by atoms with Crippen molar-refractivity contribution >= 4 is 29.0 Å². The fourth-order valence-corrected chi connectivity index (χ4v) is 2.03. The maximum absolute atomic E-state index is 13.4. The molecule has 0 fully saturated rings. The molecule has 0 N–H and O–H groups in total. The van der Waals surface area contributed by atoms with Gasteiger partial charge in [0.2, 0.25) is 5.78 Å². The molecule has 0 aliphatic rings. The zero-order valence-corrected chi connectivity index (χ0v) is 11.2. The van der Waals surface area contributed by atoms with Crippen molar-refractivity contribution < 1.29 is 13.9 Å². The van der Waals surface area contributed by atoms with Crippen LogP contribution in [0.5, 0.6) is 5.75 Å². The first kappa shape index (κ1) is 13.8. The molecule has 0 saturated heterocycles. The third-order valence-electron chi connectivity index (χ3n) is 2.38. The van der Waals surface area contributed by atoms with Crippen LogP contribution in [0.1, 0.15) is 10.4 Å². The fourth-order valence-electron chi connectivity index (χ4n) is 1.53. The lowest BCUT2D eigenvalue weighted by Gasteiger charge is -2.07. The number of carbonyl (C=O) groups is 1. The summed E-state index contributed by atoms with van der Waals surface area (Å²) in [5.41, 5.74) is -0.00405. The van der Waals surface area contributed by atoms with Gasteiger partial charge >= 0.3 is 0 Å². The Hall–Kier alpha value is -1.58. The van der Waals surface area contributed by atoms with Crippen LogP contribution in [0, 0.1) is 5.82 Å². The number of Topliss-reactive ketones (excluding diaryl/α,β-unsaturated/α-hetero) is 1. The molecule has 98 valence electrons. The molecule has 2 aromatic carbocycles. The first-order chi connectivity index (χ1) is 9.06. The Morgan fingerprint density at radius 1 is 1.11 bits per heavy atom. The van der Waals surface area contributed by atoms with Gasteiger partial charge in [-0.05, 0) is 30.3 Å². The van der Waals surface area contributed by atoms with E-state index in [9.17, 15) is 9.18 Å². The van der Waals surface area contributed by atoms with Crippen molar-refractivity contribution in [2.24, 2.45) is 0 Å². The Labute approximate surface area is 119 Å². The maximum Gasteiger partial charge on any atom is 0.203 e. The molecule has 2 aromatic rings. The number of ether oxygens (including phenoxy) is 1. The molecule has 0 saturated carbocycles. The largest absolute Gasteiger partial charge is 0.485 e. The summed E-state index contributed by atoms with van der Waals surface area (Å²) >= 11 is 11.6. The number of hydrogen-bond acceptors (Lipinski definition) is 2. The summed E-state index contributed by atoms with van der Waals surface area (Å²) in [6.45, 7) is -0.280. The number of benzene rings is 2. The fraction of sp³-hybridized carbons (Fsp3) is 0.0714. The van der Waals surface area contributed by atoms with Gasteiger partial charge in [-0.1, -0.05) is 35.3 Å². The zero-order valence-electron chi connectivity index (χ0n) is 9.70. The normalized spacial score (nSPS) is 10.3. The molecule has 0 amide bonds. The molecular formula is C14H9Cl2FO2. The second-order valence-electron chi connectivity index (χ2n) is 3.80. The molecule has 0 spiro atoms. The van der Waals surface area contributed by atoms with E-state index in [2.05, 4.69) is 0 Å². The van der Waals surface area contributed by atoms with E-state index in [1.165, 1.54) is 30.3 Å². The number of ketones is 1. The summed E-state index contributed by atoms with van der Waals surface area (Å²) in [7, 11) is 0. The molecule has 2 nitrogen and oxygen atoms in total. The van der Waals surface area contributed by atoms with E-state index < -0.39 is 11.6 Å². The lowest BCUT2D eigenvalue weighted by atomic mass is 10.1. The Morgan fingerprint density at radius 2 is 1.74 bits per heavy atom. The summed E-state index contributed by atoms with van der Waals surface area (Å²) < 4.78 is 18.6. The van der Waals surface area contributed by atoms with E-state index in [-0.39, 0.29) is 12.2 Å². The molecule has 0 unspecified atom stereocenters. The topological polar surface area (TPSA) is 26.3 Å². The standard InChI is InChI=1S/C14H9Cl2FO2/c15-9-5-10(16)7-11(6-9)19-8-14(18)12-3-1-2-4-13(12)17/h1-7H,8H2. The summed E-state index contributed by atoms with van der Waals surface area (Å²) in [6.07, 6.45) is 0. The molecule has 0 heterocycles. The van der Waals surface area contributed by atoms with E-state index in [4.69, 9.17) is 27.9 Å². The number of rotatable bonds is 4. The second-order valence-corrected chi connectivity index (χ2v) is 4.67. The van der Waals surface area contributed by atoms with Crippen LogP contribution >= 0.6 is 23.2 Å².